The van der Waals surface area contributed by atoms with E-state index in [-0.39, 0.29) is 0 Å². The molecule has 0 radical (unpaired) electrons. The molecule has 11 rings (SSSR count). The number of hydrogen-bond donors (Lipinski definition) is 0. The summed E-state index contributed by atoms with van der Waals surface area (Å²) < 4.78 is 4.83. The van der Waals surface area contributed by atoms with Gasteiger partial charge in [-0.15, -0.1) is 11.3 Å². The lowest BCUT2D eigenvalue weighted by atomic mass is 9.99. The summed E-state index contributed by atoms with van der Waals surface area (Å²) in [7, 11) is 0. The standard InChI is InChI=1S/C49H30N4S/c1-3-13-32(14-4-1)47-50-48(33-15-5-2-6-16-33)52-49(51-47)39-19-11-21-45-46(39)41-30-36(24-27-44(41)54-45)35-23-26-43-40(29-35)38-18-9-10-20-42(38)53(43)37-25-22-31-12-7-8-17-34(31)28-37/h1-30H. The maximum Gasteiger partial charge on any atom is 0.164 e. The Bertz CT molecular complexity index is 3160. The summed E-state index contributed by atoms with van der Waals surface area (Å²) in [5, 5.41) is 7.32. The molecule has 252 valence electrons. The maximum absolute atomic E-state index is 5.10. The highest BCUT2D eigenvalue weighted by atomic mass is 32.1. The van der Waals surface area contributed by atoms with E-state index in [2.05, 4.69) is 150 Å². The van der Waals surface area contributed by atoms with Gasteiger partial charge in [-0.05, 0) is 70.4 Å². The topological polar surface area (TPSA) is 43.6 Å². The molecule has 4 nitrogen and oxygen atoms in total. The van der Waals surface area contributed by atoms with Crippen LogP contribution in [0.25, 0.3) is 104 Å². The number of hydrogen-bond acceptors (Lipinski definition) is 4. The molecule has 0 aliphatic heterocycles. The number of nitrogens with zero attached hydrogens (tertiary/aromatic N) is 4. The van der Waals surface area contributed by atoms with E-state index in [4.69, 9.17) is 15.0 Å². The van der Waals surface area contributed by atoms with Gasteiger partial charge in [0.05, 0.1) is 11.0 Å². The number of fused-ring (bicyclic) bond motifs is 7. The van der Waals surface area contributed by atoms with Gasteiger partial charge in [0.25, 0.3) is 0 Å². The van der Waals surface area contributed by atoms with Gasteiger partial charge in [0.2, 0.25) is 0 Å². The minimum Gasteiger partial charge on any atom is -0.309 e. The molecule has 5 heteroatoms. The zero-order valence-corrected chi connectivity index (χ0v) is 29.8. The molecular formula is C49H30N4S. The van der Waals surface area contributed by atoms with Crippen molar-refractivity contribution in [3.05, 3.63) is 182 Å². The third-order valence-corrected chi connectivity index (χ3v) is 11.6. The second-order valence-corrected chi connectivity index (χ2v) is 14.7. The lowest BCUT2D eigenvalue weighted by Gasteiger charge is -2.10. The Morgan fingerprint density at radius 2 is 1.00 bits per heavy atom. The molecule has 0 saturated heterocycles. The summed E-state index contributed by atoms with van der Waals surface area (Å²) in [5.74, 6) is 1.99. The summed E-state index contributed by atoms with van der Waals surface area (Å²) >= 11 is 1.81. The summed E-state index contributed by atoms with van der Waals surface area (Å²) in [6.07, 6.45) is 0. The van der Waals surface area contributed by atoms with Crippen molar-refractivity contribution in [2.24, 2.45) is 0 Å². The number of rotatable bonds is 5. The fourth-order valence-electron chi connectivity index (χ4n) is 7.87. The lowest BCUT2D eigenvalue weighted by molar-refractivity contribution is 1.08. The van der Waals surface area contributed by atoms with E-state index in [1.165, 1.54) is 58.5 Å². The Labute approximate surface area is 315 Å². The Hall–Kier alpha value is -6.95. The van der Waals surface area contributed by atoms with Gasteiger partial charge in [-0.1, -0.05) is 133 Å². The number of para-hydroxylation sites is 1. The molecular weight excluding hydrogens is 677 g/mol. The molecule has 11 aromatic rings. The van der Waals surface area contributed by atoms with Gasteiger partial charge in [-0.3, -0.25) is 0 Å². The second kappa shape index (κ2) is 12.3. The highest BCUT2D eigenvalue weighted by molar-refractivity contribution is 7.26. The fourth-order valence-corrected chi connectivity index (χ4v) is 8.98. The van der Waals surface area contributed by atoms with E-state index in [0.29, 0.717) is 17.5 Å². The molecule has 0 N–H and O–H groups in total. The van der Waals surface area contributed by atoms with Crippen LogP contribution in [-0.4, -0.2) is 19.5 Å². The van der Waals surface area contributed by atoms with Crippen LogP contribution in [0.5, 0.6) is 0 Å². The lowest BCUT2D eigenvalue weighted by Crippen LogP contribution is -2.00. The quantitative estimate of drug-likeness (QED) is 0.179. The third kappa shape index (κ3) is 5.01. The van der Waals surface area contributed by atoms with E-state index in [1.807, 2.05) is 47.7 Å². The highest BCUT2D eigenvalue weighted by Crippen LogP contribution is 2.42. The summed E-state index contributed by atoms with van der Waals surface area (Å²) in [4.78, 5) is 15.2. The van der Waals surface area contributed by atoms with Crippen molar-refractivity contribution in [1.29, 1.82) is 0 Å². The first-order valence-electron chi connectivity index (χ1n) is 18.1. The largest absolute Gasteiger partial charge is 0.309 e. The second-order valence-electron chi connectivity index (χ2n) is 13.6. The van der Waals surface area contributed by atoms with Gasteiger partial charge in [0, 0.05) is 53.3 Å². The fraction of sp³-hybridized carbons (Fsp3) is 0. The van der Waals surface area contributed by atoms with Crippen LogP contribution >= 0.6 is 11.3 Å². The van der Waals surface area contributed by atoms with Crippen LogP contribution in [0.3, 0.4) is 0 Å². The van der Waals surface area contributed by atoms with Crippen LogP contribution < -0.4 is 0 Å². The molecule has 0 aliphatic carbocycles. The van der Waals surface area contributed by atoms with Gasteiger partial charge in [0.1, 0.15) is 0 Å². The van der Waals surface area contributed by atoms with Crippen LogP contribution in [0.15, 0.2) is 182 Å². The summed E-state index contributed by atoms with van der Waals surface area (Å²) in [6.45, 7) is 0. The molecule has 0 amide bonds. The average Bonchev–Trinajstić information content (AvgIpc) is 3.79. The normalized spacial score (nSPS) is 11.7. The molecule has 3 aromatic heterocycles. The number of aromatic nitrogens is 4. The van der Waals surface area contributed by atoms with E-state index >= 15 is 0 Å². The van der Waals surface area contributed by atoms with Crippen LogP contribution in [0, 0.1) is 0 Å². The Kier molecular flexibility index (Phi) is 7.00. The van der Waals surface area contributed by atoms with E-state index in [0.717, 1.165) is 27.8 Å². The summed E-state index contributed by atoms with van der Waals surface area (Å²) in [5.41, 5.74) is 8.83. The average molecular weight is 707 g/mol. The Balaban J connectivity index is 1.08. The molecule has 0 atom stereocenters. The SMILES string of the molecule is c1ccc(-c2nc(-c3ccccc3)nc(-c3cccc4sc5ccc(-c6ccc7c(c6)c6ccccc6n7-c6ccc7ccccc7c6)cc5c34)n2)cc1. The molecule has 54 heavy (non-hydrogen) atoms. The van der Waals surface area contributed by atoms with Crippen molar-refractivity contribution < 1.29 is 0 Å². The maximum atomic E-state index is 5.10. The van der Waals surface area contributed by atoms with Crippen LogP contribution in [0.2, 0.25) is 0 Å². The van der Waals surface area contributed by atoms with Gasteiger partial charge in [-0.25, -0.2) is 15.0 Å². The molecule has 0 spiro atoms. The monoisotopic (exact) mass is 706 g/mol. The number of benzene rings is 8. The molecule has 0 saturated carbocycles. The van der Waals surface area contributed by atoms with Crippen molar-refractivity contribution in [2.45, 2.75) is 0 Å². The van der Waals surface area contributed by atoms with Crippen molar-refractivity contribution in [1.82, 2.24) is 19.5 Å². The molecule has 8 aromatic carbocycles. The van der Waals surface area contributed by atoms with Crippen molar-refractivity contribution in [2.75, 3.05) is 0 Å². The van der Waals surface area contributed by atoms with Crippen LogP contribution in [0.1, 0.15) is 0 Å². The zero-order chi connectivity index (χ0) is 35.6. The minimum atomic E-state index is 0.660. The highest BCUT2D eigenvalue weighted by Gasteiger charge is 2.18. The third-order valence-electron chi connectivity index (χ3n) is 10.4. The van der Waals surface area contributed by atoms with E-state index in [9.17, 15) is 0 Å². The first-order valence-corrected chi connectivity index (χ1v) is 18.9. The molecule has 0 unspecified atom stereocenters. The predicted molar refractivity (Wildman–Crippen MR) is 226 cm³/mol. The Morgan fingerprint density at radius 3 is 1.78 bits per heavy atom. The van der Waals surface area contributed by atoms with Crippen molar-refractivity contribution in [3.8, 4) is 51.0 Å². The van der Waals surface area contributed by atoms with Crippen LogP contribution in [-0.2, 0) is 0 Å². The predicted octanol–water partition coefficient (Wildman–Crippen LogP) is 13.2. The molecule has 0 bridgehead atoms. The summed E-state index contributed by atoms with van der Waals surface area (Å²) in [6, 6.07) is 64.6. The van der Waals surface area contributed by atoms with Crippen LogP contribution in [0.4, 0.5) is 0 Å². The van der Waals surface area contributed by atoms with Gasteiger partial charge >= 0.3 is 0 Å². The van der Waals surface area contributed by atoms with Gasteiger partial charge < -0.3 is 4.57 Å². The van der Waals surface area contributed by atoms with Crippen molar-refractivity contribution in [3.63, 3.8) is 0 Å². The molecule has 0 fully saturated rings. The molecule has 3 heterocycles. The van der Waals surface area contributed by atoms with E-state index < -0.39 is 0 Å². The smallest absolute Gasteiger partial charge is 0.164 e. The number of thiophene rings is 1. The van der Waals surface area contributed by atoms with E-state index in [1.54, 1.807) is 0 Å². The van der Waals surface area contributed by atoms with Gasteiger partial charge in [-0.2, -0.15) is 0 Å². The minimum absolute atomic E-state index is 0.660. The Morgan fingerprint density at radius 1 is 0.370 bits per heavy atom. The zero-order valence-electron chi connectivity index (χ0n) is 29.0. The van der Waals surface area contributed by atoms with Gasteiger partial charge in [0.15, 0.2) is 17.5 Å². The van der Waals surface area contributed by atoms with Crippen molar-refractivity contribution >= 4 is 64.1 Å². The first-order chi connectivity index (χ1) is 26.7. The first kappa shape index (κ1) is 30.7. The molecule has 0 aliphatic rings.